The molecule has 1 N–H and O–H groups in total. The fraction of sp³-hybridized carbons (Fsp3) is 0.158. The second kappa shape index (κ2) is 6.17. The number of nitrogens with zero attached hydrogens (tertiary/aromatic N) is 1. The van der Waals surface area contributed by atoms with Crippen molar-refractivity contribution >= 4 is 33.8 Å². The number of fused-ring (bicyclic) bond motifs is 1. The van der Waals surface area contributed by atoms with E-state index in [1.807, 2.05) is 30.3 Å². The molecule has 2 heterocycles. The van der Waals surface area contributed by atoms with Crippen LogP contribution in [0.1, 0.15) is 11.3 Å². The van der Waals surface area contributed by atoms with Crippen LogP contribution in [0.25, 0.3) is 10.9 Å². The van der Waals surface area contributed by atoms with Gasteiger partial charge in [0.15, 0.2) is 0 Å². The second-order valence-corrected chi connectivity index (χ2v) is 7.03. The lowest BCUT2D eigenvalue weighted by Crippen LogP contribution is -2.26. The molecule has 2 aromatic carbocycles. The van der Waals surface area contributed by atoms with Crippen LogP contribution in [0.2, 0.25) is 0 Å². The van der Waals surface area contributed by atoms with Crippen LogP contribution < -0.4 is 5.32 Å². The van der Waals surface area contributed by atoms with E-state index >= 15 is 0 Å². The molecular weight excluding hydrogens is 320 g/mol. The molecule has 0 radical (unpaired) electrons. The molecule has 5 heteroatoms. The van der Waals surface area contributed by atoms with Crippen molar-refractivity contribution in [2.24, 2.45) is 0 Å². The number of para-hydroxylation sites is 1. The highest BCUT2D eigenvalue weighted by Crippen LogP contribution is 2.27. The molecule has 4 rings (SSSR count). The standard InChI is InChI=1S/C19H16N2O2S/c22-18-17(24-19(23)20-18)11-15-10-14-8-4-5-9-16(14)21(15)12-13-6-2-1-3-7-13/h1-10,17H,11-12H2,(H,20,22,23). The fourth-order valence-corrected chi connectivity index (χ4v) is 3.94. The Balaban J connectivity index is 1.73. The molecule has 1 aliphatic rings. The van der Waals surface area contributed by atoms with E-state index in [1.54, 1.807) is 0 Å². The van der Waals surface area contributed by atoms with Gasteiger partial charge in [0.25, 0.3) is 5.24 Å². The van der Waals surface area contributed by atoms with E-state index in [1.165, 1.54) is 5.56 Å². The summed E-state index contributed by atoms with van der Waals surface area (Å²) < 4.78 is 2.24. The molecule has 0 aliphatic carbocycles. The number of carbonyl (C=O) groups excluding carboxylic acids is 2. The molecule has 3 aromatic rings. The third-order valence-corrected chi connectivity index (χ3v) is 5.22. The van der Waals surface area contributed by atoms with Crippen LogP contribution in [0.3, 0.4) is 0 Å². The molecule has 24 heavy (non-hydrogen) atoms. The van der Waals surface area contributed by atoms with Crippen molar-refractivity contribution in [1.29, 1.82) is 0 Å². The van der Waals surface area contributed by atoms with Crippen LogP contribution in [0.15, 0.2) is 60.7 Å². The highest BCUT2D eigenvalue weighted by Gasteiger charge is 2.32. The maximum absolute atomic E-state index is 11.9. The second-order valence-electron chi connectivity index (χ2n) is 5.85. The van der Waals surface area contributed by atoms with E-state index in [0.717, 1.165) is 34.9 Å². The minimum absolute atomic E-state index is 0.193. The Kier molecular flexibility index (Phi) is 3.86. The van der Waals surface area contributed by atoms with Gasteiger partial charge in [-0.1, -0.05) is 60.3 Å². The first-order valence-electron chi connectivity index (χ1n) is 7.83. The number of amides is 2. The molecule has 1 fully saturated rings. The van der Waals surface area contributed by atoms with Crippen molar-refractivity contribution in [1.82, 2.24) is 9.88 Å². The minimum atomic E-state index is -0.351. The molecule has 0 saturated carbocycles. The van der Waals surface area contributed by atoms with Gasteiger partial charge in [-0.2, -0.15) is 0 Å². The maximum atomic E-state index is 11.9. The molecule has 1 atom stereocenters. The van der Waals surface area contributed by atoms with Gasteiger partial charge in [0.2, 0.25) is 5.91 Å². The topological polar surface area (TPSA) is 51.1 Å². The number of hydrogen-bond donors (Lipinski definition) is 1. The normalized spacial score (nSPS) is 17.4. The Bertz CT molecular complexity index is 918. The van der Waals surface area contributed by atoms with E-state index in [4.69, 9.17) is 0 Å². The molecule has 120 valence electrons. The lowest BCUT2D eigenvalue weighted by atomic mass is 10.2. The van der Waals surface area contributed by atoms with Gasteiger partial charge in [0.05, 0.1) is 5.25 Å². The van der Waals surface area contributed by atoms with Crippen molar-refractivity contribution in [3.8, 4) is 0 Å². The van der Waals surface area contributed by atoms with Crippen molar-refractivity contribution < 1.29 is 9.59 Å². The highest BCUT2D eigenvalue weighted by molar-refractivity contribution is 8.15. The van der Waals surface area contributed by atoms with E-state index < -0.39 is 0 Å². The summed E-state index contributed by atoms with van der Waals surface area (Å²) in [6.45, 7) is 0.747. The fourth-order valence-electron chi connectivity index (χ4n) is 3.11. The Labute approximate surface area is 143 Å². The number of nitrogens with one attached hydrogen (secondary N) is 1. The summed E-state index contributed by atoms with van der Waals surface area (Å²) in [6, 6.07) is 20.6. The van der Waals surface area contributed by atoms with E-state index in [2.05, 4.69) is 40.2 Å². The van der Waals surface area contributed by atoms with Crippen LogP contribution in [-0.4, -0.2) is 21.0 Å². The molecule has 4 nitrogen and oxygen atoms in total. The Hall–Kier alpha value is -2.53. The number of thioether (sulfide) groups is 1. The summed E-state index contributed by atoms with van der Waals surface area (Å²) in [5.74, 6) is -0.193. The van der Waals surface area contributed by atoms with Gasteiger partial charge in [-0.3, -0.25) is 14.9 Å². The maximum Gasteiger partial charge on any atom is 0.286 e. The smallest absolute Gasteiger partial charge is 0.286 e. The summed E-state index contributed by atoms with van der Waals surface area (Å²) >= 11 is 1.08. The monoisotopic (exact) mass is 336 g/mol. The Morgan fingerprint density at radius 3 is 2.50 bits per heavy atom. The first-order chi connectivity index (χ1) is 11.7. The highest BCUT2D eigenvalue weighted by atomic mass is 32.2. The lowest BCUT2D eigenvalue weighted by Gasteiger charge is -2.12. The first kappa shape index (κ1) is 15.0. The number of aromatic nitrogens is 1. The first-order valence-corrected chi connectivity index (χ1v) is 8.71. The molecule has 0 bridgehead atoms. The van der Waals surface area contributed by atoms with E-state index in [-0.39, 0.29) is 16.4 Å². The summed E-state index contributed by atoms with van der Waals surface area (Å²) in [4.78, 5) is 23.3. The Morgan fingerprint density at radius 2 is 1.75 bits per heavy atom. The predicted octanol–water partition coefficient (Wildman–Crippen LogP) is 3.58. The third kappa shape index (κ3) is 2.83. The third-order valence-electron chi connectivity index (χ3n) is 4.24. The van der Waals surface area contributed by atoms with Crippen molar-refractivity contribution in [3.05, 3.63) is 71.9 Å². The SMILES string of the molecule is O=C1NC(=O)C(Cc2cc3ccccc3n2Cc2ccccc2)S1. The lowest BCUT2D eigenvalue weighted by molar-refractivity contribution is -0.118. The Morgan fingerprint density at radius 1 is 1.00 bits per heavy atom. The molecule has 2 amide bonds. The van der Waals surface area contributed by atoms with Crippen LogP contribution in [0.5, 0.6) is 0 Å². The average molecular weight is 336 g/mol. The van der Waals surface area contributed by atoms with Gasteiger partial charge >= 0.3 is 0 Å². The summed E-state index contributed by atoms with van der Waals surface area (Å²) in [5, 5.41) is 2.91. The zero-order chi connectivity index (χ0) is 16.5. The number of imide groups is 1. The van der Waals surface area contributed by atoms with Gasteiger partial charge in [-0.15, -0.1) is 0 Å². The summed E-state index contributed by atoms with van der Waals surface area (Å²) in [7, 11) is 0. The summed E-state index contributed by atoms with van der Waals surface area (Å²) in [5.41, 5.74) is 3.42. The number of hydrogen-bond acceptors (Lipinski definition) is 3. The molecule has 1 saturated heterocycles. The zero-order valence-electron chi connectivity index (χ0n) is 12.9. The van der Waals surface area contributed by atoms with Crippen LogP contribution >= 0.6 is 11.8 Å². The van der Waals surface area contributed by atoms with Crippen molar-refractivity contribution in [2.75, 3.05) is 0 Å². The predicted molar refractivity (Wildman–Crippen MR) is 96.1 cm³/mol. The minimum Gasteiger partial charge on any atom is -0.340 e. The van der Waals surface area contributed by atoms with Crippen LogP contribution in [0, 0.1) is 0 Å². The molecule has 0 spiro atoms. The molecule has 1 aromatic heterocycles. The van der Waals surface area contributed by atoms with Crippen molar-refractivity contribution in [2.45, 2.75) is 18.2 Å². The van der Waals surface area contributed by atoms with Gasteiger partial charge in [-0.05, 0) is 23.1 Å². The molecule has 1 unspecified atom stereocenters. The number of carbonyl (C=O) groups is 2. The van der Waals surface area contributed by atoms with Gasteiger partial charge in [0.1, 0.15) is 0 Å². The number of benzene rings is 2. The van der Waals surface area contributed by atoms with Gasteiger partial charge in [-0.25, -0.2) is 0 Å². The molecule has 1 aliphatic heterocycles. The van der Waals surface area contributed by atoms with Gasteiger partial charge in [0, 0.05) is 24.2 Å². The van der Waals surface area contributed by atoms with Crippen LogP contribution in [0.4, 0.5) is 4.79 Å². The molecular formula is C19H16N2O2S. The zero-order valence-corrected chi connectivity index (χ0v) is 13.8. The van der Waals surface area contributed by atoms with Gasteiger partial charge < -0.3 is 4.57 Å². The quantitative estimate of drug-likeness (QED) is 0.792. The van der Waals surface area contributed by atoms with Crippen molar-refractivity contribution in [3.63, 3.8) is 0 Å². The summed E-state index contributed by atoms with van der Waals surface area (Å²) in [6.07, 6.45) is 0.545. The van der Waals surface area contributed by atoms with Crippen LogP contribution in [-0.2, 0) is 17.8 Å². The largest absolute Gasteiger partial charge is 0.340 e. The average Bonchev–Trinajstić information content (AvgIpc) is 3.09. The van der Waals surface area contributed by atoms with E-state index in [0.29, 0.717) is 6.42 Å². The number of rotatable bonds is 4. The van der Waals surface area contributed by atoms with E-state index in [9.17, 15) is 9.59 Å².